The Bertz CT molecular complexity index is 2210. The van der Waals surface area contributed by atoms with Crippen molar-refractivity contribution >= 4 is 31.6 Å². The van der Waals surface area contributed by atoms with E-state index in [9.17, 15) is 0 Å². The predicted octanol–water partition coefficient (Wildman–Crippen LogP) is 9.97. The van der Waals surface area contributed by atoms with Crippen molar-refractivity contribution in [1.29, 1.82) is 0 Å². The zero-order valence-corrected chi connectivity index (χ0v) is 23.9. The normalized spacial score (nSPS) is 11.3. The van der Waals surface area contributed by atoms with Gasteiger partial charge in [-0.15, -0.1) is 11.3 Å². The molecule has 0 N–H and O–H groups in total. The second kappa shape index (κ2) is 10.7. The van der Waals surface area contributed by atoms with E-state index in [4.69, 9.17) is 19.9 Å². The van der Waals surface area contributed by atoms with E-state index in [2.05, 4.69) is 84.9 Å². The molecule has 3 aromatic heterocycles. The molecule has 0 amide bonds. The molecule has 43 heavy (non-hydrogen) atoms. The Morgan fingerprint density at radius 2 is 0.953 bits per heavy atom. The fourth-order valence-corrected chi connectivity index (χ4v) is 6.60. The highest BCUT2D eigenvalue weighted by atomic mass is 32.1. The van der Waals surface area contributed by atoms with Gasteiger partial charge in [-0.3, -0.25) is 0 Å². The Morgan fingerprint density at radius 3 is 1.65 bits per heavy atom. The van der Waals surface area contributed by atoms with Gasteiger partial charge in [0.2, 0.25) is 0 Å². The molecule has 0 radical (unpaired) electrons. The summed E-state index contributed by atoms with van der Waals surface area (Å²) in [6.07, 6.45) is 1.93. The first-order valence-electron chi connectivity index (χ1n) is 14.2. The van der Waals surface area contributed by atoms with Crippen molar-refractivity contribution in [2.45, 2.75) is 0 Å². The van der Waals surface area contributed by atoms with Gasteiger partial charge in [-0.25, -0.2) is 19.9 Å². The van der Waals surface area contributed by atoms with Crippen LogP contribution in [-0.2, 0) is 0 Å². The molecule has 5 aromatic carbocycles. The Hall–Kier alpha value is -5.52. The molecule has 5 heteroatoms. The van der Waals surface area contributed by atoms with E-state index in [1.807, 2.05) is 60.8 Å². The Morgan fingerprint density at radius 1 is 0.419 bits per heavy atom. The Labute approximate surface area is 253 Å². The summed E-state index contributed by atoms with van der Waals surface area (Å²) in [5.74, 6) is 1.42. The molecule has 0 saturated heterocycles. The molecule has 0 saturated carbocycles. The second-order valence-electron chi connectivity index (χ2n) is 10.3. The van der Waals surface area contributed by atoms with Crippen LogP contribution in [-0.4, -0.2) is 19.9 Å². The minimum atomic E-state index is 0.706. The van der Waals surface area contributed by atoms with Crippen LogP contribution in [0.25, 0.3) is 76.7 Å². The molecular weight excluding hydrogens is 545 g/mol. The minimum Gasteiger partial charge on any atom is -0.236 e. The molecule has 0 spiro atoms. The van der Waals surface area contributed by atoms with Crippen LogP contribution < -0.4 is 0 Å². The largest absolute Gasteiger partial charge is 0.236 e. The third-order valence-electron chi connectivity index (χ3n) is 7.59. The number of thiophene rings is 1. The molecule has 0 aliphatic carbocycles. The maximum atomic E-state index is 5.12. The first-order chi connectivity index (χ1) is 21.3. The van der Waals surface area contributed by atoms with E-state index < -0.39 is 0 Å². The van der Waals surface area contributed by atoms with Crippen LogP contribution in [0, 0.1) is 0 Å². The van der Waals surface area contributed by atoms with E-state index in [1.54, 1.807) is 11.3 Å². The van der Waals surface area contributed by atoms with Crippen molar-refractivity contribution in [1.82, 2.24) is 19.9 Å². The van der Waals surface area contributed by atoms with E-state index >= 15 is 0 Å². The van der Waals surface area contributed by atoms with Crippen LogP contribution in [0.2, 0.25) is 0 Å². The highest BCUT2D eigenvalue weighted by molar-refractivity contribution is 7.26. The third-order valence-corrected chi connectivity index (χ3v) is 8.76. The maximum Gasteiger partial charge on any atom is 0.160 e. The number of aromatic nitrogens is 4. The van der Waals surface area contributed by atoms with Gasteiger partial charge >= 0.3 is 0 Å². The van der Waals surface area contributed by atoms with Crippen molar-refractivity contribution in [3.63, 3.8) is 0 Å². The summed E-state index contributed by atoms with van der Waals surface area (Å²) in [5.41, 5.74) is 8.94. The zero-order valence-electron chi connectivity index (χ0n) is 23.1. The Balaban J connectivity index is 1.25. The summed E-state index contributed by atoms with van der Waals surface area (Å²) in [5, 5.41) is 1.16. The first-order valence-corrected chi connectivity index (χ1v) is 15.0. The van der Waals surface area contributed by atoms with Gasteiger partial charge in [0.05, 0.1) is 21.6 Å². The van der Waals surface area contributed by atoms with Gasteiger partial charge in [-0.2, -0.15) is 0 Å². The predicted molar refractivity (Wildman–Crippen MR) is 178 cm³/mol. The quantitative estimate of drug-likeness (QED) is 0.207. The average Bonchev–Trinajstić information content (AvgIpc) is 3.48. The fourth-order valence-electron chi connectivity index (χ4n) is 5.45. The van der Waals surface area contributed by atoms with E-state index in [-0.39, 0.29) is 0 Å². The van der Waals surface area contributed by atoms with Crippen LogP contribution >= 0.6 is 11.3 Å². The molecule has 0 fully saturated rings. The molecular formula is C38H24N4S. The lowest BCUT2D eigenvalue weighted by Crippen LogP contribution is -1.96. The summed E-state index contributed by atoms with van der Waals surface area (Å²) < 4.78 is 2.32. The summed E-state index contributed by atoms with van der Waals surface area (Å²) >= 11 is 1.75. The van der Waals surface area contributed by atoms with Crippen LogP contribution in [0.1, 0.15) is 0 Å². The molecule has 8 aromatic rings. The lowest BCUT2D eigenvalue weighted by Gasteiger charge is -2.12. The number of fused-ring (bicyclic) bond motifs is 3. The van der Waals surface area contributed by atoms with Gasteiger partial charge in [0.15, 0.2) is 11.6 Å². The van der Waals surface area contributed by atoms with Crippen LogP contribution in [0.5, 0.6) is 0 Å². The summed E-state index contributed by atoms with van der Waals surface area (Å²) in [7, 11) is 0. The third kappa shape index (κ3) is 4.66. The fraction of sp³-hybridized carbons (Fsp3) is 0. The van der Waals surface area contributed by atoms with E-state index in [0.717, 1.165) is 60.4 Å². The lowest BCUT2D eigenvalue weighted by atomic mass is 9.99. The van der Waals surface area contributed by atoms with Crippen LogP contribution in [0.15, 0.2) is 146 Å². The van der Waals surface area contributed by atoms with E-state index in [1.165, 1.54) is 4.70 Å². The monoisotopic (exact) mass is 568 g/mol. The highest BCUT2D eigenvalue weighted by Crippen LogP contribution is 2.39. The summed E-state index contributed by atoms with van der Waals surface area (Å²) in [4.78, 5) is 20.0. The van der Waals surface area contributed by atoms with Gasteiger partial charge in [-0.1, -0.05) is 133 Å². The average molecular weight is 569 g/mol. The molecule has 0 aliphatic heterocycles. The van der Waals surface area contributed by atoms with Crippen LogP contribution in [0.3, 0.4) is 0 Å². The zero-order chi connectivity index (χ0) is 28.6. The van der Waals surface area contributed by atoms with Crippen molar-refractivity contribution in [2.75, 3.05) is 0 Å². The lowest BCUT2D eigenvalue weighted by molar-refractivity contribution is 1.18. The standard InChI is InChI=1S/C38H24N4S/c1-4-12-26(13-5-1)33-31(24-39-37(40-33)28-16-8-3-9-17-28)25-20-22-29(23-21-25)38-41-34(27-14-6-2-7-15-27)36-35(42-38)30-18-10-11-19-32(30)43-36/h1-24H. The molecule has 0 aliphatic rings. The summed E-state index contributed by atoms with van der Waals surface area (Å²) in [6, 6.07) is 47.6. The number of rotatable bonds is 5. The topological polar surface area (TPSA) is 51.6 Å². The van der Waals surface area contributed by atoms with Crippen molar-refractivity contribution in [3.8, 4) is 56.4 Å². The first kappa shape index (κ1) is 25.2. The van der Waals surface area contributed by atoms with Gasteiger partial charge < -0.3 is 0 Å². The molecule has 8 rings (SSSR count). The minimum absolute atomic E-state index is 0.706. The van der Waals surface area contributed by atoms with E-state index in [0.29, 0.717) is 11.6 Å². The Kier molecular flexibility index (Phi) is 6.28. The van der Waals surface area contributed by atoms with Gasteiger partial charge in [0.25, 0.3) is 0 Å². The van der Waals surface area contributed by atoms with Gasteiger partial charge in [-0.05, 0) is 11.6 Å². The molecule has 202 valence electrons. The molecule has 0 atom stereocenters. The maximum absolute atomic E-state index is 5.12. The molecule has 3 heterocycles. The van der Waals surface area contributed by atoms with Gasteiger partial charge in [0, 0.05) is 44.1 Å². The van der Waals surface area contributed by atoms with Crippen molar-refractivity contribution in [2.24, 2.45) is 0 Å². The SMILES string of the molecule is c1ccc(-c2ncc(-c3ccc(-c4nc(-c5ccccc5)c5sc6ccccc6c5n4)cc3)c(-c3ccccc3)n2)cc1. The summed E-state index contributed by atoms with van der Waals surface area (Å²) in [6.45, 7) is 0. The number of nitrogens with zero attached hydrogens (tertiary/aromatic N) is 4. The molecule has 0 unspecified atom stereocenters. The van der Waals surface area contributed by atoms with Crippen molar-refractivity contribution in [3.05, 3.63) is 146 Å². The van der Waals surface area contributed by atoms with Crippen LogP contribution in [0.4, 0.5) is 0 Å². The smallest absolute Gasteiger partial charge is 0.160 e. The van der Waals surface area contributed by atoms with Crippen molar-refractivity contribution < 1.29 is 0 Å². The molecule has 0 bridgehead atoms. The number of benzene rings is 5. The second-order valence-corrected chi connectivity index (χ2v) is 11.4. The number of hydrogen-bond donors (Lipinski definition) is 0. The molecule has 4 nitrogen and oxygen atoms in total. The number of hydrogen-bond acceptors (Lipinski definition) is 5. The highest BCUT2D eigenvalue weighted by Gasteiger charge is 2.17. The van der Waals surface area contributed by atoms with Gasteiger partial charge in [0.1, 0.15) is 0 Å².